The van der Waals surface area contributed by atoms with E-state index in [1.165, 1.54) is 180 Å². The molecule has 0 aliphatic carbocycles. The second kappa shape index (κ2) is 55.2. The predicted molar refractivity (Wildman–Crippen MR) is 324 cm³/mol. The monoisotopic (exact) mass is 1100 g/mol. The Balaban J connectivity index is 2.59. The van der Waals surface area contributed by atoms with Gasteiger partial charge in [-0.25, -0.2) is 0 Å². The summed E-state index contributed by atoms with van der Waals surface area (Å²) in [5.74, 6) is -1.19. The highest BCUT2D eigenvalue weighted by Crippen LogP contribution is 2.26. The van der Waals surface area contributed by atoms with E-state index in [2.05, 4.69) is 62.5 Å². The normalized spacial score (nSPS) is 19.2. The summed E-state index contributed by atoms with van der Waals surface area (Å²) >= 11 is 0. The maximum absolute atomic E-state index is 13.4. The Bertz CT molecular complexity index is 1450. The minimum Gasteiger partial charge on any atom is -0.454 e. The van der Waals surface area contributed by atoms with E-state index in [1.807, 2.05) is 6.08 Å². The number of esters is 1. The van der Waals surface area contributed by atoms with Gasteiger partial charge >= 0.3 is 5.97 Å². The summed E-state index contributed by atoms with van der Waals surface area (Å²) in [5, 5.41) is 57.0. The molecule has 78 heavy (non-hydrogen) atoms. The van der Waals surface area contributed by atoms with Crippen molar-refractivity contribution in [2.75, 3.05) is 13.2 Å². The maximum Gasteiger partial charge on any atom is 0.306 e. The molecule has 8 unspecified atom stereocenters. The van der Waals surface area contributed by atoms with Crippen molar-refractivity contribution in [3.63, 3.8) is 0 Å². The largest absolute Gasteiger partial charge is 0.454 e. The van der Waals surface area contributed by atoms with Gasteiger partial charge in [0.15, 0.2) is 12.4 Å². The molecule has 1 aliphatic heterocycles. The predicted octanol–water partition coefficient (Wildman–Crippen LogP) is 16.0. The first-order valence-corrected chi connectivity index (χ1v) is 32.9. The van der Waals surface area contributed by atoms with Gasteiger partial charge in [-0.1, -0.05) is 281 Å². The molecule has 1 rings (SSSR count). The second-order valence-electron chi connectivity index (χ2n) is 22.9. The van der Waals surface area contributed by atoms with Gasteiger partial charge in [-0.05, 0) is 64.2 Å². The van der Waals surface area contributed by atoms with Crippen LogP contribution in [0.2, 0.25) is 0 Å². The average Bonchev–Trinajstić information content (AvgIpc) is 3.44. The van der Waals surface area contributed by atoms with E-state index in [-0.39, 0.29) is 19.4 Å². The molecule has 11 heteroatoms. The molecule has 1 aliphatic rings. The molecule has 0 aromatic rings. The Morgan fingerprint density at radius 2 is 0.885 bits per heavy atom. The highest BCUT2D eigenvalue weighted by Gasteiger charge is 2.47. The first-order chi connectivity index (χ1) is 38.2. The standard InChI is InChI=1S/C67H123NO10/c1-4-7-10-13-16-19-22-24-26-27-28-29-30-31-32-33-34-35-36-39-42-45-48-51-54-60(71)66(75)68-58(59(70)53-50-47-44-41-38-21-18-15-12-9-6-3)57-76-67-65(64(74)63(73)61(56-69)77-67)78-62(72)55-52-49-46-43-40-37-25-23-20-17-14-11-8-5-2/h16,19,24,26,28-29,50,53,58-61,63-65,67,69-71,73-74H,4-15,17-18,20-23,25,27,30-49,51-52,54-57H2,1-3H3,(H,68,75)/b19-16-,26-24-,29-28-,53-50+. The summed E-state index contributed by atoms with van der Waals surface area (Å²) in [5.41, 5.74) is 0. The molecule has 1 fully saturated rings. The quantitative estimate of drug-likeness (QED) is 0.0195. The van der Waals surface area contributed by atoms with Gasteiger partial charge < -0.3 is 45.1 Å². The number of rotatable bonds is 56. The van der Waals surface area contributed by atoms with Crippen molar-refractivity contribution in [2.24, 2.45) is 0 Å². The van der Waals surface area contributed by atoms with E-state index in [4.69, 9.17) is 14.2 Å². The SMILES string of the molecule is CCCCC/C=C\C/C=C\C/C=C\CCCCCCCCCCCCCC(O)C(=O)NC(COC1OC(CO)C(O)C(O)C1OC(=O)CCCCCCCCCCCCCCCC)C(O)/C=C/CCCCCCCCCCC. The number of hydrogen-bond acceptors (Lipinski definition) is 10. The van der Waals surface area contributed by atoms with Crippen LogP contribution in [-0.2, 0) is 23.8 Å². The number of aliphatic hydroxyl groups is 5. The number of allylic oxidation sites excluding steroid dienone is 7. The summed E-state index contributed by atoms with van der Waals surface area (Å²) in [6, 6.07) is -1.02. The van der Waals surface area contributed by atoms with Crippen LogP contribution < -0.4 is 5.32 Å². The topological polar surface area (TPSA) is 175 Å². The molecular weight excluding hydrogens is 979 g/mol. The van der Waals surface area contributed by atoms with E-state index in [0.29, 0.717) is 12.8 Å². The highest BCUT2D eigenvalue weighted by atomic mass is 16.7. The summed E-state index contributed by atoms with van der Waals surface area (Å²) in [4.78, 5) is 26.6. The number of aliphatic hydroxyl groups excluding tert-OH is 5. The lowest BCUT2D eigenvalue weighted by atomic mass is 9.99. The number of carbonyl (C=O) groups is 2. The molecule has 6 N–H and O–H groups in total. The smallest absolute Gasteiger partial charge is 0.306 e. The Hall–Kier alpha value is -2.38. The molecule has 0 aromatic heterocycles. The molecule has 1 saturated heterocycles. The fraction of sp³-hybridized carbons (Fsp3) is 0.851. The molecule has 0 spiro atoms. The van der Waals surface area contributed by atoms with E-state index in [1.54, 1.807) is 6.08 Å². The number of nitrogens with one attached hydrogen (secondary N) is 1. The highest BCUT2D eigenvalue weighted by molar-refractivity contribution is 5.80. The van der Waals surface area contributed by atoms with Crippen molar-refractivity contribution in [3.8, 4) is 0 Å². The minimum atomic E-state index is -1.61. The molecule has 11 nitrogen and oxygen atoms in total. The van der Waals surface area contributed by atoms with Crippen LogP contribution in [0.15, 0.2) is 48.6 Å². The summed E-state index contributed by atoms with van der Waals surface area (Å²) in [7, 11) is 0. The maximum atomic E-state index is 13.4. The molecule has 456 valence electrons. The number of unbranched alkanes of at least 4 members (excludes halogenated alkanes) is 36. The third-order valence-corrected chi connectivity index (χ3v) is 15.5. The van der Waals surface area contributed by atoms with Gasteiger partial charge in [0.2, 0.25) is 5.91 Å². The van der Waals surface area contributed by atoms with E-state index >= 15 is 0 Å². The molecule has 8 atom stereocenters. The number of hydrogen-bond donors (Lipinski definition) is 6. The van der Waals surface area contributed by atoms with Crippen molar-refractivity contribution in [1.82, 2.24) is 5.32 Å². The van der Waals surface area contributed by atoms with Crippen LogP contribution in [0.25, 0.3) is 0 Å². The zero-order chi connectivity index (χ0) is 56.8. The molecular formula is C67H123NO10. The van der Waals surface area contributed by atoms with Gasteiger partial charge in [0.25, 0.3) is 0 Å². The molecule has 0 aromatic carbocycles. The summed E-state index contributed by atoms with van der Waals surface area (Å²) in [6.45, 7) is 5.77. The lowest BCUT2D eigenvalue weighted by Gasteiger charge is -2.41. The number of amides is 1. The van der Waals surface area contributed by atoms with Gasteiger partial charge in [-0.15, -0.1) is 0 Å². The Morgan fingerprint density at radius 3 is 1.35 bits per heavy atom. The number of ether oxygens (including phenoxy) is 3. The minimum absolute atomic E-state index is 0.127. The third kappa shape index (κ3) is 42.5. The van der Waals surface area contributed by atoms with E-state index in [0.717, 1.165) is 77.0 Å². The van der Waals surface area contributed by atoms with Crippen molar-refractivity contribution >= 4 is 11.9 Å². The molecule has 1 heterocycles. The fourth-order valence-corrected chi connectivity index (χ4v) is 10.2. The Labute approximate surface area is 478 Å². The first-order valence-electron chi connectivity index (χ1n) is 32.9. The van der Waals surface area contributed by atoms with Crippen LogP contribution >= 0.6 is 0 Å². The van der Waals surface area contributed by atoms with Crippen LogP contribution in [0.4, 0.5) is 0 Å². The van der Waals surface area contributed by atoms with Crippen LogP contribution in [-0.4, -0.2) is 99.6 Å². The van der Waals surface area contributed by atoms with Gasteiger partial charge in [-0.2, -0.15) is 0 Å². The van der Waals surface area contributed by atoms with Crippen LogP contribution in [0.1, 0.15) is 303 Å². The van der Waals surface area contributed by atoms with Gasteiger partial charge in [0.05, 0.1) is 25.4 Å². The van der Waals surface area contributed by atoms with Gasteiger partial charge in [0, 0.05) is 6.42 Å². The zero-order valence-corrected chi connectivity index (χ0v) is 50.5. The van der Waals surface area contributed by atoms with E-state index < -0.39 is 67.4 Å². The van der Waals surface area contributed by atoms with Crippen LogP contribution in [0.5, 0.6) is 0 Å². The molecule has 0 saturated carbocycles. The Morgan fingerprint density at radius 1 is 0.500 bits per heavy atom. The van der Waals surface area contributed by atoms with Crippen molar-refractivity contribution in [3.05, 3.63) is 48.6 Å². The summed E-state index contributed by atoms with van der Waals surface area (Å²) < 4.78 is 17.6. The van der Waals surface area contributed by atoms with Crippen LogP contribution in [0, 0.1) is 0 Å². The average molecular weight is 1100 g/mol. The molecule has 1 amide bonds. The molecule has 0 bridgehead atoms. The number of carbonyl (C=O) groups excluding carboxylic acids is 2. The lowest BCUT2D eigenvalue weighted by Crippen LogP contribution is -2.61. The van der Waals surface area contributed by atoms with Gasteiger partial charge in [0.1, 0.15) is 24.4 Å². The third-order valence-electron chi connectivity index (χ3n) is 15.5. The lowest BCUT2D eigenvalue weighted by molar-refractivity contribution is -0.305. The Kier molecular flexibility index (Phi) is 52.1. The first kappa shape index (κ1) is 73.6. The fourth-order valence-electron chi connectivity index (χ4n) is 10.2. The van der Waals surface area contributed by atoms with E-state index in [9.17, 15) is 35.1 Å². The summed E-state index contributed by atoms with van der Waals surface area (Å²) in [6.07, 6.45) is 57.2. The zero-order valence-electron chi connectivity index (χ0n) is 50.5. The van der Waals surface area contributed by atoms with Crippen LogP contribution in [0.3, 0.4) is 0 Å². The van der Waals surface area contributed by atoms with Gasteiger partial charge in [-0.3, -0.25) is 9.59 Å². The second-order valence-corrected chi connectivity index (χ2v) is 22.9. The van der Waals surface area contributed by atoms with Crippen molar-refractivity contribution < 1.29 is 49.3 Å². The van der Waals surface area contributed by atoms with Crippen molar-refractivity contribution in [1.29, 1.82) is 0 Å². The van der Waals surface area contributed by atoms with Crippen molar-refractivity contribution in [2.45, 2.75) is 352 Å². The molecule has 0 radical (unpaired) electrons.